The van der Waals surface area contributed by atoms with E-state index >= 15 is 0 Å². The quantitative estimate of drug-likeness (QED) is 0.774. The van der Waals surface area contributed by atoms with Gasteiger partial charge in [0.05, 0.1) is 11.2 Å². The van der Waals surface area contributed by atoms with Gasteiger partial charge in [0, 0.05) is 10.3 Å². The third kappa shape index (κ3) is 1.17. The van der Waals surface area contributed by atoms with Crippen LogP contribution in [0.3, 0.4) is 0 Å². The molecule has 0 saturated heterocycles. The van der Waals surface area contributed by atoms with Gasteiger partial charge in [-0.05, 0) is 32.7 Å². The zero-order valence-corrected chi connectivity index (χ0v) is 8.16. The average Bonchev–Trinajstić information content (AvgIpc) is 2.68. The topological polar surface area (TPSA) is 38.9 Å². The van der Waals surface area contributed by atoms with Crippen molar-refractivity contribution >= 4 is 11.3 Å². The van der Waals surface area contributed by atoms with Crippen LogP contribution in [-0.4, -0.2) is 11.5 Å². The molecule has 1 saturated carbocycles. The maximum Gasteiger partial charge on any atom is 0.0797 e. The van der Waals surface area contributed by atoms with E-state index in [1.807, 2.05) is 5.51 Å². The molecule has 2 nitrogen and oxygen atoms in total. The highest BCUT2D eigenvalue weighted by Gasteiger charge is 2.45. The molecule has 3 heteroatoms. The molecule has 12 heavy (non-hydrogen) atoms. The minimum Gasteiger partial charge on any atom is -0.330 e. The fourth-order valence-electron chi connectivity index (χ4n) is 1.83. The first-order valence-corrected chi connectivity index (χ1v) is 5.27. The van der Waals surface area contributed by atoms with Crippen LogP contribution in [0.4, 0.5) is 0 Å². The minimum absolute atomic E-state index is 0.444. The van der Waals surface area contributed by atoms with Gasteiger partial charge >= 0.3 is 0 Å². The van der Waals surface area contributed by atoms with Gasteiger partial charge in [0.15, 0.2) is 0 Å². The van der Waals surface area contributed by atoms with Crippen molar-refractivity contribution in [2.75, 3.05) is 6.54 Å². The second kappa shape index (κ2) is 2.82. The van der Waals surface area contributed by atoms with Crippen LogP contribution in [0.2, 0.25) is 0 Å². The number of nitrogens with zero attached hydrogens (tertiary/aromatic N) is 1. The smallest absolute Gasteiger partial charge is 0.0797 e. The summed E-state index contributed by atoms with van der Waals surface area (Å²) < 4.78 is 0. The van der Waals surface area contributed by atoms with Crippen LogP contribution >= 0.6 is 11.3 Å². The van der Waals surface area contributed by atoms with Gasteiger partial charge in [0.2, 0.25) is 0 Å². The van der Waals surface area contributed by atoms with Gasteiger partial charge in [-0.25, -0.2) is 4.98 Å². The van der Waals surface area contributed by atoms with Crippen molar-refractivity contribution in [3.63, 3.8) is 0 Å². The summed E-state index contributed by atoms with van der Waals surface area (Å²) in [5.41, 5.74) is 9.20. The number of thiazole rings is 1. The van der Waals surface area contributed by atoms with Crippen molar-refractivity contribution in [1.82, 2.24) is 4.98 Å². The molecule has 0 radical (unpaired) electrons. The van der Waals surface area contributed by atoms with Crippen LogP contribution in [0.15, 0.2) is 5.51 Å². The second-order valence-corrected chi connectivity index (χ2v) is 4.44. The molecule has 2 N–H and O–H groups in total. The summed E-state index contributed by atoms with van der Waals surface area (Å²) in [6.45, 7) is 2.90. The summed E-state index contributed by atoms with van der Waals surface area (Å²) >= 11 is 1.79. The Morgan fingerprint density at radius 2 is 2.42 bits per heavy atom. The number of rotatable bonds is 3. The van der Waals surface area contributed by atoms with E-state index in [1.165, 1.54) is 23.4 Å². The third-order valence-electron chi connectivity index (χ3n) is 2.70. The van der Waals surface area contributed by atoms with Crippen molar-refractivity contribution in [2.45, 2.75) is 31.6 Å². The Balaban J connectivity index is 2.24. The zero-order valence-electron chi connectivity index (χ0n) is 7.34. The summed E-state index contributed by atoms with van der Waals surface area (Å²) in [6.07, 6.45) is 3.76. The molecule has 0 spiro atoms. The van der Waals surface area contributed by atoms with Gasteiger partial charge in [-0.3, -0.25) is 0 Å². The Kier molecular flexibility index (Phi) is 1.93. The summed E-state index contributed by atoms with van der Waals surface area (Å²) in [5, 5.41) is 0. The SMILES string of the molecule is Cc1ncsc1C1(CCN)CC1. The number of aromatic nitrogens is 1. The molecule has 1 heterocycles. The molecule has 1 fully saturated rings. The molecule has 1 aliphatic rings. The molecule has 0 aliphatic heterocycles. The Labute approximate surface area is 76.8 Å². The number of aryl methyl sites for hydroxylation is 1. The largest absolute Gasteiger partial charge is 0.330 e. The van der Waals surface area contributed by atoms with Crippen LogP contribution in [-0.2, 0) is 5.41 Å². The monoisotopic (exact) mass is 182 g/mol. The second-order valence-electron chi connectivity index (χ2n) is 3.59. The first-order chi connectivity index (χ1) is 5.78. The van der Waals surface area contributed by atoms with E-state index < -0.39 is 0 Å². The lowest BCUT2D eigenvalue weighted by Gasteiger charge is -2.11. The van der Waals surface area contributed by atoms with E-state index in [9.17, 15) is 0 Å². The fourth-order valence-corrected chi connectivity index (χ4v) is 2.92. The molecule has 0 amide bonds. The number of hydrogen-bond donors (Lipinski definition) is 1. The lowest BCUT2D eigenvalue weighted by molar-refractivity contribution is 0.635. The third-order valence-corrected chi connectivity index (χ3v) is 3.88. The van der Waals surface area contributed by atoms with E-state index in [-0.39, 0.29) is 0 Å². The maximum absolute atomic E-state index is 5.60. The molecule has 0 bridgehead atoms. The molecule has 0 atom stereocenters. The summed E-state index contributed by atoms with van der Waals surface area (Å²) in [6, 6.07) is 0. The van der Waals surface area contributed by atoms with Crippen LogP contribution in [0, 0.1) is 6.92 Å². The van der Waals surface area contributed by atoms with Crippen LogP contribution in [0.25, 0.3) is 0 Å². The summed E-state index contributed by atoms with van der Waals surface area (Å²) in [5.74, 6) is 0. The van der Waals surface area contributed by atoms with E-state index in [0.717, 1.165) is 13.0 Å². The predicted octanol–water partition coefficient (Wildman–Crippen LogP) is 1.83. The Bertz CT molecular complexity index is 276. The molecular weight excluding hydrogens is 168 g/mol. The van der Waals surface area contributed by atoms with E-state index in [2.05, 4.69) is 11.9 Å². The van der Waals surface area contributed by atoms with Crippen LogP contribution in [0.5, 0.6) is 0 Å². The minimum atomic E-state index is 0.444. The molecule has 0 unspecified atom stereocenters. The van der Waals surface area contributed by atoms with Crippen LogP contribution < -0.4 is 5.73 Å². The van der Waals surface area contributed by atoms with Gasteiger partial charge in [-0.15, -0.1) is 11.3 Å². The Hall–Kier alpha value is -0.410. The van der Waals surface area contributed by atoms with Gasteiger partial charge < -0.3 is 5.73 Å². The summed E-state index contributed by atoms with van der Waals surface area (Å²) in [4.78, 5) is 5.76. The lowest BCUT2D eigenvalue weighted by Crippen LogP contribution is -2.13. The Morgan fingerprint density at radius 1 is 1.67 bits per heavy atom. The highest BCUT2D eigenvalue weighted by molar-refractivity contribution is 7.10. The maximum atomic E-state index is 5.60. The zero-order chi connectivity index (χ0) is 8.60. The highest BCUT2D eigenvalue weighted by atomic mass is 32.1. The molecule has 0 aromatic carbocycles. The predicted molar refractivity (Wildman–Crippen MR) is 51.4 cm³/mol. The van der Waals surface area contributed by atoms with E-state index in [1.54, 1.807) is 11.3 Å². The molecule has 2 rings (SSSR count). The van der Waals surface area contributed by atoms with E-state index in [0.29, 0.717) is 5.41 Å². The van der Waals surface area contributed by atoms with E-state index in [4.69, 9.17) is 5.73 Å². The van der Waals surface area contributed by atoms with Crippen molar-refractivity contribution in [1.29, 1.82) is 0 Å². The lowest BCUT2D eigenvalue weighted by atomic mass is 9.99. The molecule has 1 aliphatic carbocycles. The van der Waals surface area contributed by atoms with Crippen molar-refractivity contribution in [3.05, 3.63) is 16.1 Å². The first-order valence-electron chi connectivity index (χ1n) is 4.39. The molecule has 66 valence electrons. The standard InChI is InChI=1S/C9H14N2S/c1-7-8(12-6-11-7)9(2-3-9)4-5-10/h6H,2-5,10H2,1H3. The Morgan fingerprint density at radius 3 is 2.83 bits per heavy atom. The number of hydrogen-bond acceptors (Lipinski definition) is 3. The summed E-state index contributed by atoms with van der Waals surface area (Å²) in [7, 11) is 0. The average molecular weight is 182 g/mol. The van der Waals surface area contributed by atoms with Gasteiger partial charge in [-0.1, -0.05) is 0 Å². The first kappa shape index (κ1) is 8.20. The normalized spacial score (nSPS) is 19.5. The van der Waals surface area contributed by atoms with Gasteiger partial charge in [-0.2, -0.15) is 0 Å². The fraction of sp³-hybridized carbons (Fsp3) is 0.667. The van der Waals surface area contributed by atoms with Gasteiger partial charge in [0.25, 0.3) is 0 Å². The van der Waals surface area contributed by atoms with Crippen LogP contribution in [0.1, 0.15) is 29.8 Å². The molecule has 1 aromatic heterocycles. The van der Waals surface area contributed by atoms with Crippen molar-refractivity contribution in [3.8, 4) is 0 Å². The van der Waals surface area contributed by atoms with Crippen molar-refractivity contribution < 1.29 is 0 Å². The number of nitrogens with two attached hydrogens (primary N) is 1. The van der Waals surface area contributed by atoms with Crippen molar-refractivity contribution in [2.24, 2.45) is 5.73 Å². The highest BCUT2D eigenvalue weighted by Crippen LogP contribution is 2.52. The molecule has 1 aromatic rings. The van der Waals surface area contributed by atoms with Gasteiger partial charge in [0.1, 0.15) is 0 Å². The molecular formula is C9H14N2S.